The number of alkyl halides is 1. The molecule has 0 spiro atoms. The maximum absolute atomic E-state index is 4.17. The van der Waals surface area contributed by atoms with Crippen molar-refractivity contribution in [1.29, 1.82) is 0 Å². The van der Waals surface area contributed by atoms with Gasteiger partial charge in [0.2, 0.25) is 0 Å². The van der Waals surface area contributed by atoms with Crippen molar-refractivity contribution in [2.75, 3.05) is 0 Å². The average molecular weight is 276 g/mol. The molecule has 0 unspecified atom stereocenters. The second-order valence-corrected chi connectivity index (χ2v) is 4.56. The third-order valence-corrected chi connectivity index (χ3v) is 2.41. The van der Waals surface area contributed by atoms with Crippen molar-refractivity contribution in [1.82, 2.24) is 10.2 Å². The van der Waals surface area contributed by atoms with Gasteiger partial charge in [-0.05, 0) is 12.1 Å². The quantitative estimate of drug-likeness (QED) is 0.582. The summed E-state index contributed by atoms with van der Waals surface area (Å²) >= 11 is 2.28. The molecule has 66 valence electrons. The Hall–Kier alpha value is -0.190. The smallest absolute Gasteiger partial charge is 0.0728 e. The van der Waals surface area contributed by atoms with E-state index < -0.39 is 0 Å². The van der Waals surface area contributed by atoms with Gasteiger partial charge in [-0.25, -0.2) is 0 Å². The first kappa shape index (κ1) is 9.89. The summed E-state index contributed by atoms with van der Waals surface area (Å²) in [5.74, 6) is 0. The molecule has 0 saturated heterocycles. The van der Waals surface area contributed by atoms with E-state index in [1.54, 1.807) is 0 Å². The molecule has 0 fully saturated rings. The minimum absolute atomic E-state index is 0.108. The third-order valence-electron chi connectivity index (χ3n) is 1.63. The summed E-state index contributed by atoms with van der Waals surface area (Å²) < 4.78 is 0.926. The molecule has 0 aliphatic heterocycles. The SMILES string of the molecule is CC(C)(C)c1ccc(CI)nn1. The summed E-state index contributed by atoms with van der Waals surface area (Å²) in [5, 5.41) is 8.27. The van der Waals surface area contributed by atoms with E-state index in [1.807, 2.05) is 6.07 Å². The van der Waals surface area contributed by atoms with E-state index in [9.17, 15) is 0 Å². The fourth-order valence-electron chi connectivity index (χ4n) is 0.831. The van der Waals surface area contributed by atoms with Crippen LogP contribution in [-0.4, -0.2) is 10.2 Å². The molecule has 1 rings (SSSR count). The van der Waals surface area contributed by atoms with Gasteiger partial charge in [-0.3, -0.25) is 0 Å². The lowest BCUT2D eigenvalue weighted by Gasteiger charge is -2.16. The molecule has 2 nitrogen and oxygen atoms in total. The predicted octanol–water partition coefficient (Wildman–Crippen LogP) is 2.71. The second kappa shape index (κ2) is 3.68. The molecular formula is C9H13IN2. The largest absolute Gasteiger partial charge is 0.155 e. The van der Waals surface area contributed by atoms with Crippen LogP contribution in [0.15, 0.2) is 12.1 Å². The number of halogens is 1. The summed E-state index contributed by atoms with van der Waals surface area (Å²) in [6.45, 7) is 6.42. The van der Waals surface area contributed by atoms with Crippen LogP contribution in [0.25, 0.3) is 0 Å². The van der Waals surface area contributed by atoms with E-state index >= 15 is 0 Å². The van der Waals surface area contributed by atoms with Crippen molar-refractivity contribution >= 4 is 22.6 Å². The van der Waals surface area contributed by atoms with Crippen LogP contribution in [0.1, 0.15) is 32.2 Å². The summed E-state index contributed by atoms with van der Waals surface area (Å²) in [5.41, 5.74) is 2.20. The Balaban J connectivity index is 2.93. The minimum atomic E-state index is 0.108. The lowest BCUT2D eigenvalue weighted by Crippen LogP contribution is -2.14. The average Bonchev–Trinajstić information content (AvgIpc) is 2.03. The van der Waals surface area contributed by atoms with Crippen molar-refractivity contribution < 1.29 is 0 Å². The maximum Gasteiger partial charge on any atom is 0.0728 e. The summed E-state index contributed by atoms with van der Waals surface area (Å²) in [6, 6.07) is 4.10. The van der Waals surface area contributed by atoms with Crippen LogP contribution in [0.5, 0.6) is 0 Å². The van der Waals surface area contributed by atoms with Crippen LogP contribution < -0.4 is 0 Å². The first-order chi connectivity index (χ1) is 5.54. The topological polar surface area (TPSA) is 25.8 Å². The summed E-state index contributed by atoms with van der Waals surface area (Å²) in [7, 11) is 0. The first-order valence-electron chi connectivity index (χ1n) is 3.93. The van der Waals surface area contributed by atoms with Gasteiger partial charge >= 0.3 is 0 Å². The molecule has 1 aromatic rings. The molecule has 0 saturated carbocycles. The standard InChI is InChI=1S/C9H13IN2/c1-9(2,3)8-5-4-7(6-10)11-12-8/h4-5H,6H2,1-3H3. The van der Waals surface area contributed by atoms with Gasteiger partial charge in [-0.2, -0.15) is 10.2 Å². The maximum atomic E-state index is 4.17. The molecule has 1 aromatic heterocycles. The summed E-state index contributed by atoms with van der Waals surface area (Å²) in [4.78, 5) is 0. The number of hydrogen-bond acceptors (Lipinski definition) is 2. The fraction of sp³-hybridized carbons (Fsp3) is 0.556. The molecule has 3 heteroatoms. The highest BCUT2D eigenvalue weighted by molar-refractivity contribution is 14.1. The Morgan fingerprint density at radius 2 is 1.92 bits per heavy atom. The highest BCUT2D eigenvalue weighted by Gasteiger charge is 2.15. The molecular weight excluding hydrogens is 263 g/mol. The lowest BCUT2D eigenvalue weighted by atomic mass is 9.92. The van der Waals surface area contributed by atoms with Gasteiger partial charge in [0.1, 0.15) is 0 Å². The molecule has 0 radical (unpaired) electrons. The predicted molar refractivity (Wildman–Crippen MR) is 58.5 cm³/mol. The molecule has 1 heterocycles. The fourth-order valence-corrected chi connectivity index (χ4v) is 1.24. The van der Waals surface area contributed by atoms with Gasteiger partial charge in [0.05, 0.1) is 11.4 Å². The molecule has 0 atom stereocenters. The Kier molecular flexibility index (Phi) is 3.04. The first-order valence-corrected chi connectivity index (χ1v) is 5.45. The molecule has 0 aliphatic carbocycles. The highest BCUT2D eigenvalue weighted by Crippen LogP contribution is 2.18. The van der Waals surface area contributed by atoms with E-state index in [2.05, 4.69) is 59.6 Å². The van der Waals surface area contributed by atoms with Gasteiger partial charge in [-0.15, -0.1) is 0 Å². The lowest BCUT2D eigenvalue weighted by molar-refractivity contribution is 0.557. The third kappa shape index (κ3) is 2.40. The van der Waals surface area contributed by atoms with Gasteiger partial charge in [0, 0.05) is 9.84 Å². The van der Waals surface area contributed by atoms with E-state index in [0.717, 1.165) is 15.8 Å². The highest BCUT2D eigenvalue weighted by atomic mass is 127. The van der Waals surface area contributed by atoms with Crippen molar-refractivity contribution in [2.24, 2.45) is 0 Å². The van der Waals surface area contributed by atoms with E-state index in [4.69, 9.17) is 0 Å². The van der Waals surface area contributed by atoms with Crippen LogP contribution in [0.2, 0.25) is 0 Å². The van der Waals surface area contributed by atoms with Crippen LogP contribution in [-0.2, 0) is 9.84 Å². The Labute approximate surface area is 86.9 Å². The monoisotopic (exact) mass is 276 g/mol. The molecule has 0 aromatic carbocycles. The van der Waals surface area contributed by atoms with E-state index in [0.29, 0.717) is 0 Å². The Bertz CT molecular complexity index is 248. The number of rotatable bonds is 1. The van der Waals surface area contributed by atoms with Crippen LogP contribution in [0.3, 0.4) is 0 Å². The number of nitrogens with zero attached hydrogens (tertiary/aromatic N) is 2. The van der Waals surface area contributed by atoms with Gasteiger partial charge in [0.25, 0.3) is 0 Å². The van der Waals surface area contributed by atoms with Gasteiger partial charge in [0.15, 0.2) is 0 Å². The van der Waals surface area contributed by atoms with Gasteiger partial charge in [-0.1, -0.05) is 43.4 Å². The Morgan fingerprint density at radius 3 is 2.25 bits per heavy atom. The molecule has 0 amide bonds. The zero-order valence-electron chi connectivity index (χ0n) is 7.63. The molecule has 0 N–H and O–H groups in total. The van der Waals surface area contributed by atoms with Crippen LogP contribution >= 0.6 is 22.6 Å². The van der Waals surface area contributed by atoms with Crippen LogP contribution in [0, 0.1) is 0 Å². The minimum Gasteiger partial charge on any atom is -0.155 e. The number of aromatic nitrogens is 2. The van der Waals surface area contributed by atoms with Crippen molar-refractivity contribution in [3.8, 4) is 0 Å². The number of hydrogen-bond donors (Lipinski definition) is 0. The van der Waals surface area contributed by atoms with E-state index in [-0.39, 0.29) is 5.41 Å². The van der Waals surface area contributed by atoms with E-state index in [1.165, 1.54) is 0 Å². The summed E-state index contributed by atoms with van der Waals surface area (Å²) in [6.07, 6.45) is 0. The molecule has 0 aliphatic rings. The molecule has 12 heavy (non-hydrogen) atoms. The zero-order valence-corrected chi connectivity index (χ0v) is 9.79. The van der Waals surface area contributed by atoms with Crippen molar-refractivity contribution in [3.05, 3.63) is 23.5 Å². The van der Waals surface area contributed by atoms with Crippen molar-refractivity contribution in [3.63, 3.8) is 0 Å². The normalized spacial score (nSPS) is 11.7. The zero-order chi connectivity index (χ0) is 9.19. The van der Waals surface area contributed by atoms with Crippen LogP contribution in [0.4, 0.5) is 0 Å². The van der Waals surface area contributed by atoms with Crippen molar-refractivity contribution in [2.45, 2.75) is 30.6 Å². The van der Waals surface area contributed by atoms with Gasteiger partial charge < -0.3 is 0 Å². The molecule has 0 bridgehead atoms. The second-order valence-electron chi connectivity index (χ2n) is 3.79. The Morgan fingerprint density at radius 1 is 1.25 bits per heavy atom.